The summed E-state index contributed by atoms with van der Waals surface area (Å²) in [6.07, 6.45) is 3.51. The molecule has 1 aromatic heterocycles. The Labute approximate surface area is 130 Å². The second-order valence-corrected chi connectivity index (χ2v) is 5.71. The van der Waals surface area contributed by atoms with Gasteiger partial charge in [0.15, 0.2) is 5.76 Å². The largest absolute Gasteiger partial charge is 0.459 e. The van der Waals surface area contributed by atoms with Crippen molar-refractivity contribution in [1.82, 2.24) is 4.90 Å². The van der Waals surface area contributed by atoms with Crippen molar-refractivity contribution < 1.29 is 13.9 Å². The van der Waals surface area contributed by atoms with E-state index >= 15 is 0 Å². The Morgan fingerprint density at radius 3 is 2.59 bits per heavy atom. The van der Waals surface area contributed by atoms with Gasteiger partial charge in [0, 0.05) is 19.7 Å². The minimum absolute atomic E-state index is 0.00588. The van der Waals surface area contributed by atoms with Crippen molar-refractivity contribution in [2.24, 2.45) is 5.92 Å². The molecule has 4 nitrogen and oxygen atoms in total. The van der Waals surface area contributed by atoms with Gasteiger partial charge in [0.1, 0.15) is 0 Å². The third kappa shape index (κ3) is 3.77. The van der Waals surface area contributed by atoms with Crippen molar-refractivity contribution in [3.63, 3.8) is 0 Å². The molecule has 4 heteroatoms. The fraction of sp³-hybridized carbons (Fsp3) is 0.389. The molecule has 0 N–H and O–H groups in total. The molecule has 0 radical (unpaired) electrons. The van der Waals surface area contributed by atoms with E-state index in [0.29, 0.717) is 18.3 Å². The first-order valence-corrected chi connectivity index (χ1v) is 7.77. The van der Waals surface area contributed by atoms with Gasteiger partial charge < -0.3 is 14.1 Å². The van der Waals surface area contributed by atoms with Gasteiger partial charge in [-0.3, -0.25) is 4.79 Å². The molecular weight excluding hydrogens is 278 g/mol. The molecule has 0 aliphatic carbocycles. The number of nitrogens with zero attached hydrogens (tertiary/aromatic N) is 1. The normalized spacial score (nSPS) is 15.9. The lowest BCUT2D eigenvalue weighted by atomic mass is 9.97. The van der Waals surface area contributed by atoms with E-state index in [9.17, 15) is 4.79 Å². The molecule has 1 aliphatic heterocycles. The summed E-state index contributed by atoms with van der Waals surface area (Å²) in [4.78, 5) is 14.0. The second kappa shape index (κ2) is 7.27. The number of hydrogen-bond donors (Lipinski definition) is 0. The van der Waals surface area contributed by atoms with Crippen molar-refractivity contribution in [2.45, 2.75) is 19.4 Å². The van der Waals surface area contributed by atoms with Crippen LogP contribution < -0.4 is 0 Å². The predicted molar refractivity (Wildman–Crippen MR) is 83.4 cm³/mol. The smallest absolute Gasteiger partial charge is 0.289 e. The SMILES string of the molecule is O=C(c1ccco1)N1CCC(COCc2ccccc2)CC1. The van der Waals surface area contributed by atoms with Gasteiger partial charge in [-0.15, -0.1) is 0 Å². The van der Waals surface area contributed by atoms with Crippen molar-refractivity contribution in [3.8, 4) is 0 Å². The highest BCUT2D eigenvalue weighted by Crippen LogP contribution is 2.20. The lowest BCUT2D eigenvalue weighted by Crippen LogP contribution is -2.39. The first-order valence-electron chi connectivity index (χ1n) is 7.77. The average Bonchev–Trinajstić information content (AvgIpc) is 3.10. The van der Waals surface area contributed by atoms with E-state index in [1.807, 2.05) is 23.1 Å². The molecule has 1 aliphatic rings. The number of amides is 1. The highest BCUT2D eigenvalue weighted by Gasteiger charge is 2.24. The summed E-state index contributed by atoms with van der Waals surface area (Å²) in [6, 6.07) is 13.7. The van der Waals surface area contributed by atoms with Gasteiger partial charge in [-0.25, -0.2) is 0 Å². The number of benzene rings is 1. The lowest BCUT2D eigenvalue weighted by molar-refractivity contribution is 0.0461. The number of piperidine rings is 1. The minimum Gasteiger partial charge on any atom is -0.459 e. The van der Waals surface area contributed by atoms with Gasteiger partial charge in [-0.1, -0.05) is 30.3 Å². The molecule has 1 amide bonds. The Balaban J connectivity index is 1.39. The van der Waals surface area contributed by atoms with Crippen molar-refractivity contribution in [2.75, 3.05) is 19.7 Å². The van der Waals surface area contributed by atoms with Crippen LogP contribution in [0.25, 0.3) is 0 Å². The van der Waals surface area contributed by atoms with Gasteiger partial charge in [-0.2, -0.15) is 0 Å². The molecule has 116 valence electrons. The third-order valence-electron chi connectivity index (χ3n) is 4.10. The maximum Gasteiger partial charge on any atom is 0.289 e. The number of rotatable bonds is 5. The monoisotopic (exact) mass is 299 g/mol. The molecule has 1 saturated heterocycles. The quantitative estimate of drug-likeness (QED) is 0.850. The molecule has 2 heterocycles. The Morgan fingerprint density at radius 2 is 1.91 bits per heavy atom. The zero-order valence-corrected chi connectivity index (χ0v) is 12.6. The number of likely N-dealkylation sites (tertiary alicyclic amines) is 1. The first kappa shape index (κ1) is 14.9. The van der Waals surface area contributed by atoms with Gasteiger partial charge in [-0.05, 0) is 36.5 Å². The highest BCUT2D eigenvalue weighted by atomic mass is 16.5. The lowest BCUT2D eigenvalue weighted by Gasteiger charge is -2.31. The number of furan rings is 1. The summed E-state index contributed by atoms with van der Waals surface area (Å²) in [5.41, 5.74) is 1.20. The Morgan fingerprint density at radius 1 is 1.14 bits per heavy atom. The van der Waals surface area contributed by atoms with Crippen LogP contribution in [0.2, 0.25) is 0 Å². The summed E-state index contributed by atoms with van der Waals surface area (Å²) >= 11 is 0. The van der Waals surface area contributed by atoms with Crippen LogP contribution in [0.15, 0.2) is 53.1 Å². The number of ether oxygens (including phenoxy) is 1. The van der Waals surface area contributed by atoms with E-state index in [0.717, 1.165) is 32.5 Å². The predicted octanol–water partition coefficient (Wildman–Crippen LogP) is 3.35. The standard InChI is InChI=1S/C18H21NO3/c20-18(17-7-4-12-22-17)19-10-8-16(9-11-19)14-21-13-15-5-2-1-3-6-15/h1-7,12,16H,8-11,13-14H2. The fourth-order valence-corrected chi connectivity index (χ4v) is 2.78. The van der Waals surface area contributed by atoms with E-state index in [-0.39, 0.29) is 5.91 Å². The molecule has 0 atom stereocenters. The summed E-state index contributed by atoms with van der Waals surface area (Å²) < 4.78 is 11.0. The number of hydrogen-bond acceptors (Lipinski definition) is 3. The number of carbonyl (C=O) groups excluding carboxylic acids is 1. The minimum atomic E-state index is -0.00588. The summed E-state index contributed by atoms with van der Waals surface area (Å²) in [6.45, 7) is 2.97. The molecule has 0 saturated carbocycles. The molecule has 0 spiro atoms. The highest BCUT2D eigenvalue weighted by molar-refractivity contribution is 5.91. The maximum atomic E-state index is 12.2. The summed E-state index contributed by atoms with van der Waals surface area (Å²) in [5, 5.41) is 0. The van der Waals surface area contributed by atoms with Crippen LogP contribution in [0.1, 0.15) is 29.0 Å². The Hall–Kier alpha value is -2.07. The van der Waals surface area contributed by atoms with Crippen molar-refractivity contribution >= 4 is 5.91 Å². The number of carbonyl (C=O) groups is 1. The van der Waals surface area contributed by atoms with E-state index in [4.69, 9.17) is 9.15 Å². The van der Waals surface area contributed by atoms with Gasteiger partial charge in [0.25, 0.3) is 5.91 Å². The molecule has 1 aromatic carbocycles. The topological polar surface area (TPSA) is 42.7 Å². The summed E-state index contributed by atoms with van der Waals surface area (Å²) in [7, 11) is 0. The van der Waals surface area contributed by atoms with Gasteiger partial charge in [0.2, 0.25) is 0 Å². The van der Waals surface area contributed by atoms with Crippen LogP contribution in [0, 0.1) is 5.92 Å². The molecular formula is C18H21NO3. The van der Waals surface area contributed by atoms with E-state index in [1.165, 1.54) is 11.8 Å². The molecule has 3 rings (SSSR count). The van der Waals surface area contributed by atoms with Crippen molar-refractivity contribution in [1.29, 1.82) is 0 Å². The Bertz CT molecular complexity index is 572. The molecule has 2 aromatic rings. The maximum absolute atomic E-state index is 12.2. The van der Waals surface area contributed by atoms with Crippen LogP contribution in [0.5, 0.6) is 0 Å². The van der Waals surface area contributed by atoms with Gasteiger partial charge >= 0.3 is 0 Å². The fourth-order valence-electron chi connectivity index (χ4n) is 2.78. The van der Waals surface area contributed by atoms with Gasteiger partial charge in [0.05, 0.1) is 12.9 Å². The average molecular weight is 299 g/mol. The second-order valence-electron chi connectivity index (χ2n) is 5.71. The Kier molecular flexibility index (Phi) is 4.91. The van der Waals surface area contributed by atoms with Crippen molar-refractivity contribution in [3.05, 3.63) is 60.1 Å². The van der Waals surface area contributed by atoms with Crippen LogP contribution in [0.3, 0.4) is 0 Å². The molecule has 0 bridgehead atoms. The van der Waals surface area contributed by atoms with Crippen LogP contribution in [-0.2, 0) is 11.3 Å². The van der Waals surface area contributed by atoms with Crippen LogP contribution >= 0.6 is 0 Å². The van der Waals surface area contributed by atoms with E-state index < -0.39 is 0 Å². The molecule has 22 heavy (non-hydrogen) atoms. The van der Waals surface area contributed by atoms with Crippen LogP contribution in [0.4, 0.5) is 0 Å². The zero-order chi connectivity index (χ0) is 15.2. The first-order chi connectivity index (χ1) is 10.8. The third-order valence-corrected chi connectivity index (χ3v) is 4.10. The van der Waals surface area contributed by atoms with E-state index in [2.05, 4.69) is 12.1 Å². The zero-order valence-electron chi connectivity index (χ0n) is 12.6. The van der Waals surface area contributed by atoms with E-state index in [1.54, 1.807) is 12.1 Å². The summed E-state index contributed by atoms with van der Waals surface area (Å²) in [5.74, 6) is 0.955. The van der Waals surface area contributed by atoms with Crippen LogP contribution in [-0.4, -0.2) is 30.5 Å². The molecule has 1 fully saturated rings. The molecule has 0 unspecified atom stereocenters.